The molecule has 0 spiro atoms. The lowest BCUT2D eigenvalue weighted by atomic mass is 9.92. The van der Waals surface area contributed by atoms with Crippen LogP contribution < -0.4 is 4.74 Å². The van der Waals surface area contributed by atoms with Crippen LogP contribution in [0.25, 0.3) is 10.9 Å². The van der Waals surface area contributed by atoms with Crippen LogP contribution in [0.1, 0.15) is 35.3 Å². The van der Waals surface area contributed by atoms with E-state index in [2.05, 4.69) is 17.1 Å². The molecule has 0 radical (unpaired) electrons. The van der Waals surface area contributed by atoms with E-state index < -0.39 is 0 Å². The van der Waals surface area contributed by atoms with Crippen LogP contribution in [-0.2, 0) is 17.8 Å². The summed E-state index contributed by atoms with van der Waals surface area (Å²) >= 11 is 6.25. The van der Waals surface area contributed by atoms with Crippen LogP contribution in [0.5, 0.6) is 5.75 Å². The summed E-state index contributed by atoms with van der Waals surface area (Å²) in [6.45, 7) is 2.84. The number of aromatic nitrogens is 1. The van der Waals surface area contributed by atoms with Crippen LogP contribution in [0, 0.1) is 0 Å². The first-order valence-corrected chi connectivity index (χ1v) is 10.8. The molecule has 0 bridgehead atoms. The van der Waals surface area contributed by atoms with E-state index in [-0.39, 0.29) is 11.9 Å². The summed E-state index contributed by atoms with van der Waals surface area (Å²) in [6, 6.07) is 23.9. The van der Waals surface area contributed by atoms with Crippen molar-refractivity contribution in [3.8, 4) is 5.75 Å². The zero-order valence-corrected chi connectivity index (χ0v) is 18.0. The van der Waals surface area contributed by atoms with Crippen molar-refractivity contribution in [3.05, 3.63) is 100 Å². The minimum Gasteiger partial charge on any atom is -0.489 e. The normalized spacial score (nSPS) is 15.7. The van der Waals surface area contributed by atoms with Gasteiger partial charge in [0.1, 0.15) is 12.4 Å². The second-order valence-electron chi connectivity index (χ2n) is 7.92. The van der Waals surface area contributed by atoms with Crippen LogP contribution >= 0.6 is 11.6 Å². The second-order valence-corrected chi connectivity index (χ2v) is 8.35. The Morgan fingerprint density at radius 1 is 1.10 bits per heavy atom. The summed E-state index contributed by atoms with van der Waals surface area (Å²) in [5, 5.41) is 1.86. The molecule has 5 heteroatoms. The van der Waals surface area contributed by atoms with Gasteiger partial charge in [0.15, 0.2) is 0 Å². The number of carbonyl (C=O) groups is 1. The highest BCUT2D eigenvalue weighted by molar-refractivity contribution is 6.31. The fraction of sp³-hybridized carbons (Fsp3) is 0.192. The smallest absolute Gasteiger partial charge is 0.220 e. The quantitative estimate of drug-likeness (QED) is 0.438. The molecule has 1 unspecified atom stereocenters. The van der Waals surface area contributed by atoms with E-state index in [1.165, 1.54) is 5.56 Å². The van der Waals surface area contributed by atoms with Crippen LogP contribution in [0.3, 0.4) is 0 Å². The molecular formula is C26H23ClN2O2. The number of hydrogen-bond acceptors (Lipinski definition) is 2. The van der Waals surface area contributed by atoms with Crippen LogP contribution in [-0.4, -0.2) is 22.3 Å². The number of benzene rings is 3. The average Bonchev–Trinajstić information content (AvgIpc) is 3.16. The maximum atomic E-state index is 12.5. The number of H-pyrrole nitrogens is 1. The Hall–Kier alpha value is -3.24. The average molecular weight is 431 g/mol. The van der Waals surface area contributed by atoms with Gasteiger partial charge in [0, 0.05) is 35.1 Å². The van der Waals surface area contributed by atoms with Crippen molar-refractivity contribution in [1.29, 1.82) is 0 Å². The fourth-order valence-electron chi connectivity index (χ4n) is 4.43. The molecule has 0 saturated heterocycles. The lowest BCUT2D eigenvalue weighted by molar-refractivity contribution is -0.130. The topological polar surface area (TPSA) is 45.3 Å². The summed E-state index contributed by atoms with van der Waals surface area (Å²) in [5.41, 5.74) is 5.54. The summed E-state index contributed by atoms with van der Waals surface area (Å²) in [7, 11) is 0. The SMILES string of the molecule is CC(=O)N1CCc2c([nH]c3ccc(Cl)cc23)C1c1ccc(OCc2ccccc2)cc1. The summed E-state index contributed by atoms with van der Waals surface area (Å²) in [5.74, 6) is 0.873. The Morgan fingerprint density at radius 2 is 1.87 bits per heavy atom. The summed E-state index contributed by atoms with van der Waals surface area (Å²) < 4.78 is 5.94. The zero-order chi connectivity index (χ0) is 21.4. The lowest BCUT2D eigenvalue weighted by Crippen LogP contribution is -2.39. The van der Waals surface area contributed by atoms with Crippen LogP contribution in [0.4, 0.5) is 0 Å². The van der Waals surface area contributed by atoms with Gasteiger partial charge in [0.25, 0.3) is 0 Å². The number of ether oxygens (including phenoxy) is 1. The molecule has 0 aliphatic carbocycles. The largest absolute Gasteiger partial charge is 0.489 e. The highest BCUT2D eigenvalue weighted by Gasteiger charge is 2.33. The third-order valence-corrected chi connectivity index (χ3v) is 6.17. The molecule has 31 heavy (non-hydrogen) atoms. The molecule has 2 heterocycles. The molecule has 3 aromatic carbocycles. The van der Waals surface area contributed by atoms with Crippen molar-refractivity contribution < 1.29 is 9.53 Å². The lowest BCUT2D eigenvalue weighted by Gasteiger charge is -2.35. The van der Waals surface area contributed by atoms with E-state index >= 15 is 0 Å². The summed E-state index contributed by atoms with van der Waals surface area (Å²) in [6.07, 6.45) is 0.810. The highest BCUT2D eigenvalue weighted by atomic mass is 35.5. The maximum Gasteiger partial charge on any atom is 0.220 e. The van der Waals surface area contributed by atoms with Crippen molar-refractivity contribution in [1.82, 2.24) is 9.88 Å². The Morgan fingerprint density at radius 3 is 2.61 bits per heavy atom. The summed E-state index contributed by atoms with van der Waals surface area (Å²) in [4.78, 5) is 17.9. The first-order chi connectivity index (χ1) is 15.1. The minimum atomic E-state index is -0.157. The Kier molecular flexibility index (Phi) is 5.16. The molecule has 0 fully saturated rings. The molecule has 1 aliphatic heterocycles. The van der Waals surface area contributed by atoms with Crippen molar-refractivity contribution in [3.63, 3.8) is 0 Å². The second kappa shape index (κ2) is 8.12. The van der Waals surface area contributed by atoms with Crippen LogP contribution in [0.2, 0.25) is 5.02 Å². The van der Waals surface area contributed by atoms with Gasteiger partial charge in [0.05, 0.1) is 6.04 Å². The number of fused-ring (bicyclic) bond motifs is 3. The number of nitrogens with zero attached hydrogens (tertiary/aromatic N) is 1. The maximum absolute atomic E-state index is 12.5. The molecule has 156 valence electrons. The van der Waals surface area contributed by atoms with Gasteiger partial charge in [-0.05, 0) is 53.4 Å². The number of hydrogen-bond donors (Lipinski definition) is 1. The first-order valence-electron chi connectivity index (χ1n) is 10.4. The van der Waals surface area contributed by atoms with E-state index in [4.69, 9.17) is 16.3 Å². The van der Waals surface area contributed by atoms with Crippen molar-refractivity contribution in [2.75, 3.05) is 6.54 Å². The van der Waals surface area contributed by atoms with Gasteiger partial charge in [-0.2, -0.15) is 0 Å². The van der Waals surface area contributed by atoms with Crippen molar-refractivity contribution in [2.45, 2.75) is 26.0 Å². The van der Waals surface area contributed by atoms with Gasteiger partial charge in [-0.3, -0.25) is 4.79 Å². The van der Waals surface area contributed by atoms with E-state index in [0.29, 0.717) is 13.2 Å². The van der Waals surface area contributed by atoms with Gasteiger partial charge in [-0.25, -0.2) is 0 Å². The predicted molar refractivity (Wildman–Crippen MR) is 123 cm³/mol. The number of aromatic amines is 1. The molecule has 4 nitrogen and oxygen atoms in total. The molecule has 1 aliphatic rings. The van der Waals surface area contributed by atoms with Gasteiger partial charge in [-0.1, -0.05) is 54.1 Å². The third kappa shape index (κ3) is 3.79. The number of amides is 1. The molecule has 4 aromatic rings. The molecular weight excluding hydrogens is 408 g/mol. The van der Waals surface area contributed by atoms with E-state index in [1.807, 2.05) is 65.6 Å². The van der Waals surface area contributed by atoms with Crippen molar-refractivity contribution >= 4 is 28.4 Å². The highest BCUT2D eigenvalue weighted by Crippen LogP contribution is 2.39. The molecule has 0 saturated carbocycles. The minimum absolute atomic E-state index is 0.0664. The zero-order valence-electron chi connectivity index (χ0n) is 17.3. The molecule has 1 amide bonds. The van der Waals surface area contributed by atoms with Crippen molar-refractivity contribution in [2.24, 2.45) is 0 Å². The Labute approximate surface area is 186 Å². The third-order valence-electron chi connectivity index (χ3n) is 5.94. The number of nitrogens with one attached hydrogen (secondary N) is 1. The van der Waals surface area contributed by atoms with E-state index in [0.717, 1.165) is 44.9 Å². The van der Waals surface area contributed by atoms with Gasteiger partial charge < -0.3 is 14.6 Å². The molecule has 1 atom stereocenters. The van der Waals surface area contributed by atoms with Gasteiger partial charge in [-0.15, -0.1) is 0 Å². The number of halogens is 1. The monoisotopic (exact) mass is 430 g/mol. The first kappa shape index (κ1) is 19.7. The van der Waals surface area contributed by atoms with Crippen LogP contribution in [0.15, 0.2) is 72.8 Å². The van der Waals surface area contributed by atoms with E-state index in [1.54, 1.807) is 6.92 Å². The fourth-order valence-corrected chi connectivity index (χ4v) is 4.61. The predicted octanol–water partition coefficient (Wildman–Crippen LogP) is 5.89. The van der Waals surface area contributed by atoms with Gasteiger partial charge >= 0.3 is 0 Å². The Balaban J connectivity index is 1.47. The molecule has 5 rings (SSSR count). The molecule has 1 N–H and O–H groups in total. The molecule has 1 aromatic heterocycles. The van der Waals surface area contributed by atoms with E-state index in [9.17, 15) is 4.79 Å². The number of rotatable bonds is 4. The Bertz CT molecular complexity index is 1230. The standard InChI is InChI=1S/C26H23ClN2O2/c1-17(30)29-14-13-22-23-15-20(27)9-12-24(23)28-25(22)26(29)19-7-10-21(11-8-19)31-16-18-5-3-2-4-6-18/h2-12,15,26,28H,13-14,16H2,1H3. The van der Waals surface area contributed by atoms with Gasteiger partial charge in [0.2, 0.25) is 5.91 Å². The number of carbonyl (C=O) groups excluding carboxylic acids is 1.